The average Bonchev–Trinajstić information content (AvgIpc) is 3.37. The molecule has 2 aromatic carbocycles. The molecule has 3 N–H and O–H groups in total. The van der Waals surface area contributed by atoms with Gasteiger partial charge in [-0.3, -0.25) is 14.9 Å². The van der Waals surface area contributed by atoms with Gasteiger partial charge in [-0.25, -0.2) is 9.97 Å². The fourth-order valence-corrected chi connectivity index (χ4v) is 5.32. The van der Waals surface area contributed by atoms with Crippen LogP contribution in [0.15, 0.2) is 48.8 Å². The van der Waals surface area contributed by atoms with E-state index in [0.29, 0.717) is 68.8 Å². The Labute approximate surface area is 236 Å². The van der Waals surface area contributed by atoms with E-state index in [1.165, 1.54) is 7.11 Å². The van der Waals surface area contributed by atoms with Crippen molar-refractivity contribution in [3.05, 3.63) is 70.2 Å². The van der Waals surface area contributed by atoms with Crippen LogP contribution in [0.4, 0.5) is 0 Å². The lowest BCUT2D eigenvalue weighted by Crippen LogP contribution is -2.22. The highest BCUT2D eigenvalue weighted by Gasteiger charge is 2.23. The molecule has 0 spiro atoms. The monoisotopic (exact) mass is 566 g/mol. The van der Waals surface area contributed by atoms with Crippen LogP contribution in [-0.4, -0.2) is 63.4 Å². The molecular formula is C28H28Cl2N6O3. The molecule has 5 rings (SSSR count). The SMILES string of the molecule is COc1nc(-c2cccc(-c3cccc(-c4cnc(CN5CC[C@H](O)C5)c(OC)n4)c3Cl)c2Cl)cnc1CN. The number of likely N-dealkylation sites (tertiary alicyclic amines) is 1. The number of nitrogens with zero attached hydrogens (tertiary/aromatic N) is 5. The van der Waals surface area contributed by atoms with Crippen molar-refractivity contribution in [1.29, 1.82) is 0 Å². The van der Waals surface area contributed by atoms with Crippen molar-refractivity contribution in [3.63, 3.8) is 0 Å². The van der Waals surface area contributed by atoms with E-state index in [1.54, 1.807) is 19.5 Å². The van der Waals surface area contributed by atoms with Crippen molar-refractivity contribution in [2.24, 2.45) is 5.73 Å². The van der Waals surface area contributed by atoms with Gasteiger partial charge in [0.05, 0.1) is 54.2 Å². The molecule has 0 radical (unpaired) electrons. The number of β-amino-alcohol motifs (C(OH)–C–C–N with tert-alkyl or cyclic N) is 1. The predicted molar refractivity (Wildman–Crippen MR) is 151 cm³/mol. The molecule has 0 amide bonds. The molecule has 9 nitrogen and oxygen atoms in total. The molecular weight excluding hydrogens is 539 g/mol. The van der Waals surface area contributed by atoms with Crippen LogP contribution in [0.3, 0.4) is 0 Å². The Bertz CT molecular complexity index is 1500. The van der Waals surface area contributed by atoms with E-state index >= 15 is 0 Å². The lowest BCUT2D eigenvalue weighted by atomic mass is 9.98. The summed E-state index contributed by atoms with van der Waals surface area (Å²) in [5.74, 6) is 0.775. The van der Waals surface area contributed by atoms with Gasteiger partial charge < -0.3 is 20.3 Å². The molecule has 1 aliphatic rings. The smallest absolute Gasteiger partial charge is 0.237 e. The Hall–Kier alpha value is -3.34. The van der Waals surface area contributed by atoms with Crippen molar-refractivity contribution >= 4 is 23.2 Å². The van der Waals surface area contributed by atoms with E-state index in [-0.39, 0.29) is 12.6 Å². The summed E-state index contributed by atoms with van der Waals surface area (Å²) in [6, 6.07) is 11.3. The number of rotatable bonds is 8. The van der Waals surface area contributed by atoms with Crippen molar-refractivity contribution in [2.45, 2.75) is 25.6 Å². The normalized spacial score (nSPS) is 15.5. The highest BCUT2D eigenvalue weighted by Crippen LogP contribution is 2.42. The van der Waals surface area contributed by atoms with Crippen LogP contribution in [0.1, 0.15) is 17.8 Å². The van der Waals surface area contributed by atoms with Gasteiger partial charge in [0.25, 0.3) is 0 Å². The number of hydrogen-bond acceptors (Lipinski definition) is 9. The fraction of sp³-hybridized carbons (Fsp3) is 0.286. The number of ether oxygens (including phenoxy) is 2. The number of methoxy groups -OCH3 is 2. The van der Waals surface area contributed by atoms with Crippen LogP contribution in [0.5, 0.6) is 11.8 Å². The quantitative estimate of drug-likeness (QED) is 0.314. The van der Waals surface area contributed by atoms with Crippen LogP contribution >= 0.6 is 23.2 Å². The maximum Gasteiger partial charge on any atom is 0.237 e. The summed E-state index contributed by atoms with van der Waals surface area (Å²) >= 11 is 13.9. The van der Waals surface area contributed by atoms with Crippen LogP contribution in [-0.2, 0) is 13.1 Å². The summed E-state index contributed by atoms with van der Waals surface area (Å²) < 4.78 is 10.9. The summed E-state index contributed by atoms with van der Waals surface area (Å²) in [4.78, 5) is 20.4. The summed E-state index contributed by atoms with van der Waals surface area (Å²) in [5.41, 5.74) is 11.0. The fourth-order valence-electron chi connectivity index (χ4n) is 4.67. The van der Waals surface area contributed by atoms with Gasteiger partial charge in [0.15, 0.2) is 0 Å². The molecule has 0 aliphatic carbocycles. The molecule has 202 valence electrons. The van der Waals surface area contributed by atoms with Gasteiger partial charge in [0.2, 0.25) is 11.8 Å². The molecule has 2 aromatic heterocycles. The second-order valence-electron chi connectivity index (χ2n) is 9.14. The highest BCUT2D eigenvalue weighted by atomic mass is 35.5. The number of nitrogens with two attached hydrogens (primary N) is 1. The molecule has 4 aromatic rings. The van der Waals surface area contributed by atoms with Crippen LogP contribution in [0.2, 0.25) is 10.0 Å². The maximum absolute atomic E-state index is 9.84. The zero-order valence-corrected chi connectivity index (χ0v) is 23.1. The zero-order chi connectivity index (χ0) is 27.5. The molecule has 11 heteroatoms. The first kappa shape index (κ1) is 27.2. The Morgan fingerprint density at radius 3 is 1.87 bits per heavy atom. The molecule has 1 fully saturated rings. The number of aliphatic hydroxyl groups is 1. The van der Waals surface area contributed by atoms with Gasteiger partial charge in [-0.1, -0.05) is 59.6 Å². The number of benzene rings is 2. The van der Waals surface area contributed by atoms with Gasteiger partial charge >= 0.3 is 0 Å². The third-order valence-corrected chi connectivity index (χ3v) is 7.48. The van der Waals surface area contributed by atoms with Crippen molar-refractivity contribution in [2.75, 3.05) is 27.3 Å². The van der Waals surface area contributed by atoms with Gasteiger partial charge in [0.1, 0.15) is 11.4 Å². The number of aromatic nitrogens is 4. The molecule has 3 heterocycles. The Balaban J connectivity index is 1.50. The van der Waals surface area contributed by atoms with Crippen LogP contribution in [0.25, 0.3) is 33.6 Å². The van der Waals surface area contributed by atoms with Gasteiger partial charge in [-0.05, 0) is 6.42 Å². The largest absolute Gasteiger partial charge is 0.480 e. The van der Waals surface area contributed by atoms with Crippen molar-refractivity contribution in [3.8, 4) is 45.4 Å². The summed E-state index contributed by atoms with van der Waals surface area (Å²) in [7, 11) is 3.09. The molecule has 1 atom stereocenters. The first-order valence-corrected chi connectivity index (χ1v) is 13.2. The zero-order valence-electron chi connectivity index (χ0n) is 21.6. The first-order valence-electron chi connectivity index (χ1n) is 12.4. The minimum atomic E-state index is -0.311. The van der Waals surface area contributed by atoms with E-state index in [4.69, 9.17) is 43.4 Å². The minimum absolute atomic E-state index is 0.211. The van der Waals surface area contributed by atoms with E-state index in [2.05, 4.69) is 19.9 Å². The minimum Gasteiger partial charge on any atom is -0.480 e. The maximum atomic E-state index is 9.84. The lowest BCUT2D eigenvalue weighted by Gasteiger charge is -2.17. The summed E-state index contributed by atoms with van der Waals surface area (Å²) in [6.07, 6.45) is 3.75. The van der Waals surface area contributed by atoms with Gasteiger partial charge in [0, 0.05) is 48.4 Å². The van der Waals surface area contributed by atoms with Crippen LogP contribution < -0.4 is 15.2 Å². The summed E-state index contributed by atoms with van der Waals surface area (Å²) in [5, 5.41) is 10.8. The molecule has 1 saturated heterocycles. The standard InChI is InChI=1S/C28H28Cl2N6O3/c1-38-27-21(11-31)32-12-22(34-27)19-7-3-5-17(25(19)29)18-6-4-8-20(26(18)30)23-13-33-24(28(35-23)39-2)15-36-10-9-16(37)14-36/h3-8,12-13,16,37H,9-11,14-15,31H2,1-2H3/t16-/m0/s1. The predicted octanol–water partition coefficient (Wildman–Crippen LogP) is 4.62. The number of halogens is 2. The van der Waals surface area contributed by atoms with E-state index in [1.807, 2.05) is 36.4 Å². The highest BCUT2D eigenvalue weighted by molar-refractivity contribution is 6.39. The molecule has 39 heavy (non-hydrogen) atoms. The van der Waals surface area contributed by atoms with Crippen molar-refractivity contribution < 1.29 is 14.6 Å². The lowest BCUT2D eigenvalue weighted by molar-refractivity contribution is 0.174. The number of hydrogen-bond donors (Lipinski definition) is 2. The molecule has 0 bridgehead atoms. The Morgan fingerprint density at radius 1 is 0.872 bits per heavy atom. The second kappa shape index (κ2) is 11.8. The first-order chi connectivity index (χ1) is 18.9. The van der Waals surface area contributed by atoms with Crippen LogP contribution in [0, 0.1) is 0 Å². The molecule has 0 saturated carbocycles. The van der Waals surface area contributed by atoms with Crippen molar-refractivity contribution in [1.82, 2.24) is 24.8 Å². The molecule has 1 aliphatic heterocycles. The van der Waals surface area contributed by atoms with E-state index in [9.17, 15) is 5.11 Å². The van der Waals surface area contributed by atoms with E-state index in [0.717, 1.165) is 24.1 Å². The average molecular weight is 567 g/mol. The summed E-state index contributed by atoms with van der Waals surface area (Å²) in [6.45, 7) is 2.17. The number of aliphatic hydroxyl groups excluding tert-OH is 1. The van der Waals surface area contributed by atoms with Gasteiger partial charge in [-0.2, -0.15) is 0 Å². The second-order valence-corrected chi connectivity index (χ2v) is 9.89. The third-order valence-electron chi connectivity index (χ3n) is 6.66. The topological polar surface area (TPSA) is 120 Å². The third kappa shape index (κ3) is 5.54. The Kier molecular flexibility index (Phi) is 8.25. The van der Waals surface area contributed by atoms with E-state index < -0.39 is 0 Å². The Morgan fingerprint density at radius 2 is 1.38 bits per heavy atom. The van der Waals surface area contributed by atoms with Gasteiger partial charge in [-0.15, -0.1) is 0 Å². The molecule has 0 unspecified atom stereocenters.